The molecule has 25 nitrogen and oxygen atoms in total. The first-order valence-corrected chi connectivity index (χ1v) is 33.0. The van der Waals surface area contributed by atoms with Crippen LogP contribution in [0.4, 0.5) is 0 Å². The normalized spacial score (nSPS) is 22.8. The Morgan fingerprint density at radius 1 is 0.600 bits per heavy atom. The highest BCUT2D eigenvalue weighted by molar-refractivity contribution is 5.99. The summed E-state index contributed by atoms with van der Waals surface area (Å²) in [5.41, 5.74) is 2.49. The Hall–Kier alpha value is -7.51. The second-order valence-electron chi connectivity index (χ2n) is 27.3. The van der Waals surface area contributed by atoms with Gasteiger partial charge >= 0.3 is 11.9 Å². The van der Waals surface area contributed by atoms with Crippen molar-refractivity contribution in [2.45, 2.75) is 188 Å². The van der Waals surface area contributed by atoms with E-state index < -0.39 is 156 Å². The number of hydrogen-bond acceptors (Lipinski definition) is 16. The van der Waals surface area contributed by atoms with Crippen LogP contribution in [-0.4, -0.2) is 268 Å². The van der Waals surface area contributed by atoms with Crippen LogP contribution in [0, 0.1) is 29.6 Å². The maximum Gasteiger partial charge on any atom is 0.328 e. The zero-order valence-electron chi connectivity index (χ0n) is 61.0. The molecule has 2 N–H and O–H groups in total. The first kappa shape index (κ1) is 81.7. The first-order chi connectivity index (χ1) is 44.3. The number of nitrogens with zero attached hydrogens (tertiary/aromatic N) is 8. The molecule has 0 radical (unpaired) electrons. The second-order valence-corrected chi connectivity index (χ2v) is 27.3. The molecule has 2 aromatic rings. The van der Waals surface area contributed by atoms with Crippen molar-refractivity contribution in [1.82, 2.24) is 49.8 Å². The standard InChI is InChI=1S/C70H112N10O15/c1-25-44(10)57-61(82)71-45(11)62(83)75(17)52(35-40(2)3)60(81)72-51(37-48-31-33-50(34-32-48)49-29-27-26-28-30-49)63(84)74(16)46(12)69(90)94-47(13)58(67(88)77(19)55(39-93-24)66(87)79(57)21)80(22)64(85)53(36-41(4)5)76(18)65(86)54(38-92-23)78(20)68(89)59(43(8)9)95-70(91)56(42(6)7)73(14)15/h26-34,40-47,51-59H,25,35-39H2,1-24H3,(H,71,82)(H,72,81)/t44-,45-,46+,47+,51-,52-,53-,54-,55-,56-,57-,58-,59+/m0/s1. The van der Waals surface area contributed by atoms with Gasteiger partial charge in [0.05, 0.1) is 13.2 Å². The van der Waals surface area contributed by atoms with Gasteiger partial charge < -0.3 is 63.9 Å². The number of nitrogens with one attached hydrogen (secondary N) is 2. The Bertz CT molecular complexity index is 2920. The van der Waals surface area contributed by atoms with Crippen LogP contribution in [0.1, 0.15) is 115 Å². The van der Waals surface area contributed by atoms with Crippen LogP contribution in [0.2, 0.25) is 0 Å². The summed E-state index contributed by atoms with van der Waals surface area (Å²) in [4.78, 5) is 173. The number of rotatable bonds is 24. The van der Waals surface area contributed by atoms with E-state index in [4.69, 9.17) is 18.9 Å². The monoisotopic (exact) mass is 1330 g/mol. The molecule has 25 heteroatoms. The molecule has 9 amide bonds. The first-order valence-electron chi connectivity index (χ1n) is 33.0. The summed E-state index contributed by atoms with van der Waals surface area (Å²) in [7, 11) is 15.6. The van der Waals surface area contributed by atoms with Gasteiger partial charge in [-0.3, -0.25) is 52.8 Å². The number of carbonyl (C=O) groups excluding carboxylic acids is 11. The SMILES string of the molecule is CC[C@H](C)[C@H]1C(=O)N[C@@H](C)C(=O)N(C)[C@@H](CC(C)C)C(=O)N[C@@H](Cc2ccc(-c3ccccc3)cc2)C(=O)N(C)[C@H](C)C(=O)O[C@H](C)[C@H](N(C)C(=O)[C@H](CC(C)C)N(C)C(=O)[C@H](COC)N(C)C(=O)[C@H](OC(=O)[C@H](C(C)C)N(C)C)C(C)C)C(=O)N(C)[C@@H](COC)C(=O)N1C. The molecule has 2 aromatic carbocycles. The Balaban J connectivity index is 2.34. The molecule has 3 rings (SSSR count). The lowest BCUT2D eigenvalue weighted by Crippen LogP contribution is -2.64. The molecule has 0 unspecified atom stereocenters. The topological polar surface area (TPSA) is 275 Å². The Morgan fingerprint density at radius 3 is 1.66 bits per heavy atom. The van der Waals surface area contributed by atoms with Crippen LogP contribution >= 0.6 is 0 Å². The van der Waals surface area contributed by atoms with Crippen LogP contribution in [0.5, 0.6) is 0 Å². The summed E-state index contributed by atoms with van der Waals surface area (Å²) < 4.78 is 23.2. The van der Waals surface area contributed by atoms with E-state index in [-0.39, 0.29) is 43.6 Å². The number of carbonyl (C=O) groups is 11. The third kappa shape index (κ3) is 21.2. The van der Waals surface area contributed by atoms with Crippen molar-refractivity contribution in [1.29, 1.82) is 0 Å². The molecule has 1 aliphatic rings. The highest BCUT2D eigenvalue weighted by Crippen LogP contribution is 2.26. The third-order valence-corrected chi connectivity index (χ3v) is 18.1. The predicted molar refractivity (Wildman–Crippen MR) is 361 cm³/mol. The molecular weight excluding hydrogens is 1220 g/mol. The second kappa shape index (κ2) is 37.1. The van der Waals surface area contributed by atoms with Gasteiger partial charge in [0.2, 0.25) is 47.3 Å². The average Bonchev–Trinajstić information content (AvgIpc) is 0.826. The van der Waals surface area contributed by atoms with Crippen LogP contribution < -0.4 is 10.6 Å². The fourth-order valence-electron chi connectivity index (χ4n) is 12.0. The molecule has 95 heavy (non-hydrogen) atoms. The lowest BCUT2D eigenvalue weighted by Gasteiger charge is -2.41. The van der Waals surface area contributed by atoms with Gasteiger partial charge in [0.25, 0.3) is 5.91 Å². The summed E-state index contributed by atoms with van der Waals surface area (Å²) in [5, 5.41) is 5.70. The smallest absolute Gasteiger partial charge is 0.328 e. The van der Waals surface area contributed by atoms with Gasteiger partial charge in [-0.1, -0.05) is 130 Å². The zero-order valence-corrected chi connectivity index (χ0v) is 61.0. The number of amides is 9. The van der Waals surface area contributed by atoms with Crippen molar-refractivity contribution in [2.75, 3.05) is 90.9 Å². The number of ether oxygens (including phenoxy) is 4. The van der Waals surface area contributed by atoms with Gasteiger partial charge in [0.1, 0.15) is 66.5 Å². The van der Waals surface area contributed by atoms with Crippen LogP contribution in [-0.2, 0) is 78.1 Å². The third-order valence-electron chi connectivity index (χ3n) is 18.1. The molecule has 0 aliphatic carbocycles. The van der Waals surface area contributed by atoms with E-state index in [2.05, 4.69) is 10.6 Å². The maximum atomic E-state index is 15.7. The Labute approximate surface area is 564 Å². The number of likely N-dealkylation sites (N-methyl/N-ethyl adjacent to an activating group) is 8. The summed E-state index contributed by atoms with van der Waals surface area (Å²) >= 11 is 0. The quantitative estimate of drug-likeness (QED) is 0.139. The fourth-order valence-corrected chi connectivity index (χ4v) is 12.0. The molecule has 13 atom stereocenters. The highest BCUT2D eigenvalue weighted by atomic mass is 16.6. The van der Waals surface area contributed by atoms with E-state index >= 15 is 24.0 Å². The van der Waals surface area contributed by atoms with Crippen molar-refractivity contribution in [3.05, 3.63) is 60.2 Å². The Kier molecular flexibility index (Phi) is 31.9. The lowest BCUT2D eigenvalue weighted by atomic mass is 9.95. The summed E-state index contributed by atoms with van der Waals surface area (Å²) in [6.45, 7) is 21.5. The number of esters is 2. The minimum atomic E-state index is -1.79. The predicted octanol–water partition coefficient (Wildman–Crippen LogP) is 4.22. The van der Waals surface area contributed by atoms with Gasteiger partial charge in [0.15, 0.2) is 6.10 Å². The molecule has 1 aliphatic heterocycles. The van der Waals surface area contributed by atoms with E-state index in [0.717, 1.165) is 35.6 Å². The average molecular weight is 1330 g/mol. The van der Waals surface area contributed by atoms with E-state index in [1.165, 1.54) is 94.1 Å². The molecule has 0 aromatic heterocycles. The van der Waals surface area contributed by atoms with Crippen molar-refractivity contribution < 1.29 is 71.7 Å². The van der Waals surface area contributed by atoms with Crippen LogP contribution in [0.3, 0.4) is 0 Å². The van der Waals surface area contributed by atoms with Gasteiger partial charge in [-0.25, -0.2) is 4.79 Å². The van der Waals surface area contributed by atoms with E-state index in [9.17, 15) is 28.8 Å². The van der Waals surface area contributed by atoms with Crippen molar-refractivity contribution in [3.63, 3.8) is 0 Å². The molecule has 532 valence electrons. The molecular formula is C70H112N10O15. The fraction of sp³-hybridized carbons (Fsp3) is 0.671. The van der Waals surface area contributed by atoms with Crippen molar-refractivity contribution >= 4 is 65.1 Å². The van der Waals surface area contributed by atoms with Crippen LogP contribution in [0.15, 0.2) is 54.6 Å². The van der Waals surface area contributed by atoms with Gasteiger partial charge in [-0.2, -0.15) is 0 Å². The van der Waals surface area contributed by atoms with Gasteiger partial charge in [-0.15, -0.1) is 0 Å². The van der Waals surface area contributed by atoms with Gasteiger partial charge in [0, 0.05) is 70.0 Å². The van der Waals surface area contributed by atoms with E-state index in [0.29, 0.717) is 12.0 Å². The molecule has 0 spiro atoms. The number of hydrogen-bond donors (Lipinski definition) is 2. The Morgan fingerprint density at radius 2 is 1.16 bits per heavy atom. The lowest BCUT2D eigenvalue weighted by molar-refractivity contribution is -0.171. The number of benzene rings is 2. The molecule has 1 saturated heterocycles. The largest absolute Gasteiger partial charge is 0.458 e. The minimum Gasteiger partial charge on any atom is -0.458 e. The highest BCUT2D eigenvalue weighted by Gasteiger charge is 2.47. The molecule has 0 saturated carbocycles. The molecule has 1 fully saturated rings. The summed E-state index contributed by atoms with van der Waals surface area (Å²) in [6.07, 6.45) is -2.47. The van der Waals surface area contributed by atoms with E-state index in [1.54, 1.807) is 39.8 Å². The molecule has 1 heterocycles. The van der Waals surface area contributed by atoms with Crippen molar-refractivity contribution in [2.24, 2.45) is 29.6 Å². The summed E-state index contributed by atoms with van der Waals surface area (Å²) in [6, 6.07) is 3.86. The summed E-state index contributed by atoms with van der Waals surface area (Å²) in [5.74, 6) is -10.2. The number of cyclic esters (lactones) is 1. The molecule has 0 bridgehead atoms. The van der Waals surface area contributed by atoms with Gasteiger partial charge in [-0.05, 0) is 94.0 Å². The maximum absolute atomic E-state index is 15.7. The zero-order chi connectivity index (χ0) is 72.4. The minimum absolute atomic E-state index is 0.00671. The van der Waals surface area contributed by atoms with Crippen LogP contribution in [0.25, 0.3) is 11.1 Å². The number of methoxy groups -OCH3 is 2. The van der Waals surface area contributed by atoms with E-state index in [1.807, 2.05) is 103 Å². The van der Waals surface area contributed by atoms with Crippen molar-refractivity contribution in [3.8, 4) is 11.1 Å².